The highest BCUT2D eigenvalue weighted by Gasteiger charge is 2.37. The van der Waals surface area contributed by atoms with Gasteiger partial charge >= 0.3 is 6.03 Å². The van der Waals surface area contributed by atoms with E-state index in [1.54, 1.807) is 31.0 Å². The minimum absolute atomic E-state index is 0.144. The van der Waals surface area contributed by atoms with Crippen LogP contribution in [0.4, 0.5) is 14.9 Å². The summed E-state index contributed by atoms with van der Waals surface area (Å²) in [6.45, 7) is 4.67. The Bertz CT molecular complexity index is 1270. The van der Waals surface area contributed by atoms with Crippen molar-refractivity contribution in [2.45, 2.75) is 37.9 Å². The van der Waals surface area contributed by atoms with Crippen molar-refractivity contribution in [3.8, 4) is 5.75 Å². The molecular formula is C29H33FN4O3S. The average molecular weight is 537 g/mol. The highest BCUT2D eigenvalue weighted by Crippen LogP contribution is 2.50. The summed E-state index contributed by atoms with van der Waals surface area (Å²) in [6.07, 6.45) is 8.11. The lowest BCUT2D eigenvalue weighted by molar-refractivity contribution is 0.199. The van der Waals surface area contributed by atoms with E-state index < -0.39 is 5.82 Å². The van der Waals surface area contributed by atoms with Crippen LogP contribution in [0.15, 0.2) is 71.3 Å². The molecule has 1 aliphatic carbocycles. The van der Waals surface area contributed by atoms with Gasteiger partial charge in [-0.1, -0.05) is 36.0 Å². The number of urea groups is 1. The van der Waals surface area contributed by atoms with E-state index >= 15 is 0 Å². The topological polar surface area (TPSA) is 83.7 Å². The summed E-state index contributed by atoms with van der Waals surface area (Å²) in [5.41, 5.74) is 3.40. The van der Waals surface area contributed by atoms with Crippen molar-refractivity contribution in [3.63, 3.8) is 0 Å². The van der Waals surface area contributed by atoms with Gasteiger partial charge < -0.3 is 30.7 Å². The standard InChI is InChI=1S/C29H33FN4O3S/c1-29-16-26(20-5-3-19(4-6-20)17-31-13-14-36-2)38-27(29)21(11-12-32-29)18-37-25-10-9-23(15-24(25)30)34-28(35)33-22-7-8-22/h3-6,9-12,15-16,22,31-32H,7-8,13-14,17-18H2,1-2H3,(H2,33,34,35). The number of fused-ring (bicyclic) bond motifs is 1. The first kappa shape index (κ1) is 26.3. The smallest absolute Gasteiger partial charge is 0.319 e. The highest BCUT2D eigenvalue weighted by atomic mass is 32.2. The molecule has 2 heterocycles. The number of carbonyl (C=O) groups is 1. The van der Waals surface area contributed by atoms with Crippen LogP contribution in [-0.4, -0.2) is 44.5 Å². The zero-order valence-corrected chi connectivity index (χ0v) is 22.4. The largest absolute Gasteiger partial charge is 0.486 e. The molecule has 0 spiro atoms. The Morgan fingerprint density at radius 2 is 2.03 bits per heavy atom. The van der Waals surface area contributed by atoms with Crippen molar-refractivity contribution in [2.24, 2.45) is 0 Å². The van der Waals surface area contributed by atoms with E-state index in [9.17, 15) is 9.18 Å². The SMILES string of the molecule is COCCNCc1ccc(C2=CC3(C)NC=CC(COc4ccc(NC(=O)NC5CC5)cc4F)=C3S2)cc1. The number of halogens is 1. The zero-order valence-electron chi connectivity index (χ0n) is 21.6. The van der Waals surface area contributed by atoms with Gasteiger partial charge in [0.2, 0.25) is 0 Å². The van der Waals surface area contributed by atoms with Crippen molar-refractivity contribution in [1.82, 2.24) is 16.0 Å². The third-order valence-electron chi connectivity index (χ3n) is 6.60. The maximum Gasteiger partial charge on any atom is 0.319 e. The summed E-state index contributed by atoms with van der Waals surface area (Å²) < 4.78 is 25.7. The summed E-state index contributed by atoms with van der Waals surface area (Å²) in [7, 11) is 1.70. The molecule has 0 aromatic heterocycles. The summed E-state index contributed by atoms with van der Waals surface area (Å²) in [5.74, 6) is -0.374. The third kappa shape index (κ3) is 6.40. The number of dihydropyridines is 1. The molecule has 0 saturated heterocycles. The number of benzene rings is 2. The fourth-order valence-corrected chi connectivity index (χ4v) is 5.71. The fraction of sp³-hybridized carbons (Fsp3) is 0.345. The normalized spacial score (nSPS) is 20.0. The van der Waals surface area contributed by atoms with Gasteiger partial charge in [-0.2, -0.15) is 0 Å². The quantitative estimate of drug-likeness (QED) is 0.298. The Balaban J connectivity index is 1.21. The van der Waals surface area contributed by atoms with Crippen LogP contribution in [0.3, 0.4) is 0 Å². The van der Waals surface area contributed by atoms with E-state index in [4.69, 9.17) is 9.47 Å². The summed E-state index contributed by atoms with van der Waals surface area (Å²) in [5, 5.41) is 12.3. The lowest BCUT2D eigenvalue weighted by Crippen LogP contribution is -2.39. The molecule has 5 rings (SSSR count). The van der Waals surface area contributed by atoms with Gasteiger partial charge in [0.1, 0.15) is 6.61 Å². The molecule has 9 heteroatoms. The molecule has 0 radical (unpaired) electrons. The van der Waals surface area contributed by atoms with Crippen LogP contribution in [0.25, 0.3) is 4.91 Å². The number of carbonyl (C=O) groups excluding carboxylic acids is 1. The third-order valence-corrected chi connectivity index (χ3v) is 8.06. The monoisotopic (exact) mass is 536 g/mol. The van der Waals surface area contributed by atoms with Gasteiger partial charge in [-0.05, 0) is 61.4 Å². The second-order valence-electron chi connectivity index (χ2n) is 9.82. The molecule has 1 atom stereocenters. The molecule has 200 valence electrons. The van der Waals surface area contributed by atoms with Gasteiger partial charge in [0, 0.05) is 53.4 Å². The Hall–Kier alpha value is -3.27. The molecule has 3 aliphatic rings. The predicted molar refractivity (Wildman–Crippen MR) is 150 cm³/mol. The summed E-state index contributed by atoms with van der Waals surface area (Å²) >= 11 is 1.71. The first-order valence-corrected chi connectivity index (χ1v) is 13.6. The maximum atomic E-state index is 14.7. The lowest BCUT2D eigenvalue weighted by atomic mass is 9.94. The number of rotatable bonds is 11. The molecule has 1 saturated carbocycles. The van der Waals surface area contributed by atoms with Gasteiger partial charge in [-0.15, -0.1) is 0 Å². The van der Waals surface area contributed by atoms with Crippen molar-refractivity contribution < 1.29 is 18.7 Å². The minimum atomic E-state index is -0.518. The Morgan fingerprint density at radius 1 is 1.21 bits per heavy atom. The number of hydrogen-bond acceptors (Lipinski definition) is 6. The zero-order chi connectivity index (χ0) is 26.5. The number of methoxy groups -OCH3 is 1. The summed E-state index contributed by atoms with van der Waals surface area (Å²) in [4.78, 5) is 14.2. The van der Waals surface area contributed by atoms with E-state index in [-0.39, 0.29) is 30.0 Å². The maximum absolute atomic E-state index is 14.7. The number of thioether (sulfide) groups is 1. The average Bonchev–Trinajstić information content (AvgIpc) is 3.63. The van der Waals surface area contributed by atoms with Crippen LogP contribution in [0.5, 0.6) is 5.75 Å². The first-order chi connectivity index (χ1) is 18.4. The van der Waals surface area contributed by atoms with E-state index in [0.29, 0.717) is 12.3 Å². The molecular weight excluding hydrogens is 503 g/mol. The number of ether oxygens (including phenoxy) is 2. The molecule has 1 fully saturated rings. The van der Waals surface area contributed by atoms with Crippen molar-refractivity contribution in [3.05, 3.63) is 88.2 Å². The fourth-order valence-electron chi connectivity index (χ4n) is 4.35. The van der Waals surface area contributed by atoms with Gasteiger partial charge in [-0.25, -0.2) is 9.18 Å². The van der Waals surface area contributed by atoms with E-state index in [2.05, 4.69) is 58.5 Å². The van der Waals surface area contributed by atoms with E-state index in [1.807, 2.05) is 12.3 Å². The molecule has 2 amide bonds. The van der Waals surface area contributed by atoms with Crippen LogP contribution in [0, 0.1) is 5.82 Å². The molecule has 4 N–H and O–H groups in total. The second-order valence-corrected chi connectivity index (χ2v) is 10.9. The molecule has 1 unspecified atom stereocenters. The van der Waals surface area contributed by atoms with Gasteiger partial charge in [0.05, 0.1) is 12.1 Å². The summed E-state index contributed by atoms with van der Waals surface area (Å²) in [6, 6.07) is 13.0. The van der Waals surface area contributed by atoms with Gasteiger partial charge in [-0.3, -0.25) is 0 Å². The second kappa shape index (κ2) is 11.6. The Morgan fingerprint density at radius 3 is 2.76 bits per heavy atom. The van der Waals surface area contributed by atoms with Crippen LogP contribution < -0.4 is 26.0 Å². The molecule has 2 aromatic carbocycles. The van der Waals surface area contributed by atoms with Crippen molar-refractivity contribution in [1.29, 1.82) is 0 Å². The first-order valence-electron chi connectivity index (χ1n) is 12.8. The minimum Gasteiger partial charge on any atom is -0.486 e. The van der Waals surface area contributed by atoms with Crippen molar-refractivity contribution >= 4 is 28.4 Å². The van der Waals surface area contributed by atoms with E-state index in [0.717, 1.165) is 42.0 Å². The number of hydrogen-bond donors (Lipinski definition) is 4. The number of amides is 2. The predicted octanol–water partition coefficient (Wildman–Crippen LogP) is 5.14. The Labute approximate surface area is 226 Å². The number of anilines is 1. The van der Waals surface area contributed by atoms with Gasteiger partial charge in [0.25, 0.3) is 0 Å². The van der Waals surface area contributed by atoms with Crippen LogP contribution >= 0.6 is 11.8 Å². The molecule has 7 nitrogen and oxygen atoms in total. The van der Waals surface area contributed by atoms with E-state index in [1.165, 1.54) is 16.5 Å². The molecule has 2 aromatic rings. The Kier molecular flexibility index (Phi) is 8.06. The van der Waals surface area contributed by atoms with Crippen LogP contribution in [0.1, 0.15) is 30.9 Å². The van der Waals surface area contributed by atoms with Crippen LogP contribution in [0.2, 0.25) is 0 Å². The molecule has 2 aliphatic heterocycles. The highest BCUT2D eigenvalue weighted by molar-refractivity contribution is 8.12. The van der Waals surface area contributed by atoms with Crippen molar-refractivity contribution in [2.75, 3.05) is 32.2 Å². The van der Waals surface area contributed by atoms with Crippen LogP contribution in [-0.2, 0) is 11.3 Å². The lowest BCUT2D eigenvalue weighted by Gasteiger charge is -2.29. The van der Waals surface area contributed by atoms with Gasteiger partial charge in [0.15, 0.2) is 11.6 Å². The molecule has 0 bridgehead atoms. The molecule has 38 heavy (non-hydrogen) atoms. The number of nitrogens with one attached hydrogen (secondary N) is 4.